The number of anilines is 1. The van der Waals surface area contributed by atoms with Crippen LogP contribution in [0.3, 0.4) is 0 Å². The Morgan fingerprint density at radius 1 is 1.00 bits per heavy atom. The van der Waals surface area contributed by atoms with Crippen LogP contribution in [0.25, 0.3) is 11.3 Å². The molecular weight excluding hydrogens is 510 g/mol. The lowest BCUT2D eigenvalue weighted by atomic mass is 10.0. The number of esters is 1. The maximum Gasteiger partial charge on any atom is 0.338 e. The second-order valence-corrected chi connectivity index (χ2v) is 10.1. The molecule has 39 heavy (non-hydrogen) atoms. The number of thiocarbonyl (C=S) groups is 1. The van der Waals surface area contributed by atoms with Gasteiger partial charge in [-0.3, -0.25) is 4.98 Å². The van der Waals surface area contributed by atoms with Crippen LogP contribution in [-0.2, 0) is 4.74 Å². The molecule has 2 fully saturated rings. The highest BCUT2D eigenvalue weighted by atomic mass is 32.1. The van der Waals surface area contributed by atoms with Crippen LogP contribution in [0.2, 0.25) is 0 Å². The van der Waals surface area contributed by atoms with Gasteiger partial charge >= 0.3 is 5.97 Å². The molecule has 198 valence electrons. The third-order valence-electron chi connectivity index (χ3n) is 7.33. The summed E-state index contributed by atoms with van der Waals surface area (Å²) in [5.74, 6) is 1.71. The second kappa shape index (κ2) is 10.9. The van der Waals surface area contributed by atoms with Gasteiger partial charge in [0, 0.05) is 17.4 Å². The molecule has 7 nitrogen and oxygen atoms in total. The number of methoxy groups -OCH3 is 1. The highest BCUT2D eigenvalue weighted by Crippen LogP contribution is 2.43. The van der Waals surface area contributed by atoms with Gasteiger partial charge in [-0.2, -0.15) is 0 Å². The molecule has 0 bridgehead atoms. The molecule has 6 rings (SSSR count). The summed E-state index contributed by atoms with van der Waals surface area (Å²) in [7, 11) is 1.37. The maximum absolute atomic E-state index is 12.4. The van der Waals surface area contributed by atoms with Gasteiger partial charge in [-0.05, 0) is 92.5 Å². The number of ether oxygens (including phenoxy) is 2. The zero-order valence-corrected chi connectivity index (χ0v) is 22.4. The Labute approximate surface area is 232 Å². The summed E-state index contributed by atoms with van der Waals surface area (Å²) in [6.07, 6.45) is 6.73. The average Bonchev–Trinajstić information content (AvgIpc) is 3.74. The Bertz CT molecular complexity index is 1460. The highest BCUT2D eigenvalue weighted by Gasteiger charge is 2.42. The first-order chi connectivity index (χ1) is 19.1. The van der Waals surface area contributed by atoms with Crippen LogP contribution >= 0.6 is 12.2 Å². The van der Waals surface area contributed by atoms with E-state index < -0.39 is 5.97 Å². The van der Waals surface area contributed by atoms with E-state index in [1.54, 1.807) is 18.3 Å². The summed E-state index contributed by atoms with van der Waals surface area (Å²) in [5.41, 5.74) is 2.87. The van der Waals surface area contributed by atoms with Crippen molar-refractivity contribution in [3.05, 3.63) is 102 Å². The van der Waals surface area contributed by atoms with E-state index in [0.717, 1.165) is 30.0 Å². The summed E-state index contributed by atoms with van der Waals surface area (Å²) in [6.45, 7) is 0. The molecule has 2 aromatic carbocycles. The number of nitrogens with zero attached hydrogens (tertiary/aromatic N) is 2. The minimum Gasteiger partial charge on any atom is -0.490 e. The largest absolute Gasteiger partial charge is 0.490 e. The predicted octanol–water partition coefficient (Wildman–Crippen LogP) is 6.63. The van der Waals surface area contributed by atoms with Crippen molar-refractivity contribution in [2.24, 2.45) is 0 Å². The normalized spacial score (nSPS) is 19.2. The molecular formula is C31H29N3O4S. The number of nitrogens with one attached hydrogen (secondary N) is 1. The lowest BCUT2D eigenvalue weighted by Gasteiger charge is -2.26. The number of benzene rings is 2. The number of hydrogen-bond donors (Lipinski definition) is 1. The molecule has 1 saturated heterocycles. The monoisotopic (exact) mass is 539 g/mol. The predicted molar refractivity (Wildman–Crippen MR) is 153 cm³/mol. The van der Waals surface area contributed by atoms with Gasteiger partial charge in [-0.1, -0.05) is 24.3 Å². The number of aromatic nitrogens is 1. The number of hydrogen-bond acceptors (Lipinski definition) is 6. The van der Waals surface area contributed by atoms with Crippen molar-refractivity contribution in [2.45, 2.75) is 43.9 Å². The molecule has 2 aliphatic rings. The molecule has 1 aliphatic carbocycles. The zero-order valence-electron chi connectivity index (χ0n) is 21.6. The van der Waals surface area contributed by atoms with Gasteiger partial charge in [0.1, 0.15) is 23.3 Å². The third-order valence-corrected chi connectivity index (χ3v) is 7.65. The van der Waals surface area contributed by atoms with Gasteiger partial charge in [0.15, 0.2) is 5.11 Å². The third kappa shape index (κ3) is 5.00. The van der Waals surface area contributed by atoms with Crippen LogP contribution in [0.1, 0.15) is 59.6 Å². The molecule has 2 atom stereocenters. The first-order valence-corrected chi connectivity index (χ1v) is 13.6. The Morgan fingerprint density at radius 2 is 1.77 bits per heavy atom. The SMILES string of the molecule is COC(=O)c1ccccc1-c1ccc([C@@H]2[C@H](c3ccccn3)NC(=S)N2c2ccc(OC3CCCC3)cc2)o1. The molecule has 2 aromatic heterocycles. The summed E-state index contributed by atoms with van der Waals surface area (Å²) in [4.78, 5) is 19.1. The lowest BCUT2D eigenvalue weighted by molar-refractivity contribution is 0.0601. The Morgan fingerprint density at radius 3 is 2.51 bits per heavy atom. The number of carbonyl (C=O) groups excluding carboxylic acids is 1. The standard InChI is InChI=1S/C31H29N3O4S/c1-36-30(35)24-11-5-4-10-23(24)26-17-18-27(38-26)29-28(25-12-6-7-19-32-25)33-31(39)34(29)20-13-15-22(16-14-20)37-21-8-2-3-9-21/h4-7,10-19,21,28-29H,2-3,8-9H2,1H3,(H,33,39)/t28-,29+/m0/s1. The summed E-state index contributed by atoms with van der Waals surface area (Å²) in [6, 6.07) is 24.4. The molecule has 0 unspecified atom stereocenters. The van der Waals surface area contributed by atoms with E-state index in [-0.39, 0.29) is 12.1 Å². The van der Waals surface area contributed by atoms with E-state index >= 15 is 0 Å². The Balaban J connectivity index is 1.37. The van der Waals surface area contributed by atoms with E-state index in [4.69, 9.17) is 26.1 Å². The fourth-order valence-corrected chi connectivity index (χ4v) is 5.79. The van der Waals surface area contributed by atoms with Crippen molar-refractivity contribution in [3.63, 3.8) is 0 Å². The van der Waals surface area contributed by atoms with Gasteiger partial charge in [0.2, 0.25) is 0 Å². The van der Waals surface area contributed by atoms with Crippen molar-refractivity contribution in [1.29, 1.82) is 0 Å². The first kappa shape index (κ1) is 25.1. The van der Waals surface area contributed by atoms with Crippen molar-refractivity contribution < 1.29 is 18.7 Å². The van der Waals surface area contributed by atoms with Crippen LogP contribution in [0.15, 0.2) is 89.5 Å². The van der Waals surface area contributed by atoms with Gasteiger partial charge in [-0.15, -0.1) is 0 Å². The molecule has 1 saturated carbocycles. The number of furan rings is 1. The zero-order chi connectivity index (χ0) is 26.8. The van der Waals surface area contributed by atoms with E-state index in [9.17, 15) is 4.79 Å². The molecule has 0 radical (unpaired) electrons. The molecule has 0 spiro atoms. The van der Waals surface area contributed by atoms with E-state index in [0.29, 0.717) is 33.9 Å². The Kier molecular flexibility index (Phi) is 7.02. The van der Waals surface area contributed by atoms with E-state index in [1.165, 1.54) is 20.0 Å². The fourth-order valence-electron chi connectivity index (χ4n) is 5.45. The maximum atomic E-state index is 12.4. The summed E-state index contributed by atoms with van der Waals surface area (Å²) >= 11 is 5.85. The van der Waals surface area contributed by atoms with Gasteiger partial charge in [-0.25, -0.2) is 4.79 Å². The van der Waals surface area contributed by atoms with Crippen molar-refractivity contribution >= 4 is 29.0 Å². The number of rotatable bonds is 7. The van der Waals surface area contributed by atoms with Crippen LogP contribution < -0.4 is 15.0 Å². The Hall–Kier alpha value is -4.17. The molecule has 1 N–H and O–H groups in total. The lowest BCUT2D eigenvalue weighted by Crippen LogP contribution is -2.29. The number of carbonyl (C=O) groups is 1. The van der Waals surface area contributed by atoms with Crippen LogP contribution in [0, 0.1) is 0 Å². The van der Waals surface area contributed by atoms with Crippen molar-refractivity contribution in [2.75, 3.05) is 12.0 Å². The molecule has 3 heterocycles. The topological polar surface area (TPSA) is 76.8 Å². The van der Waals surface area contributed by atoms with E-state index in [2.05, 4.69) is 15.2 Å². The van der Waals surface area contributed by atoms with Crippen LogP contribution in [-0.4, -0.2) is 29.3 Å². The average molecular weight is 540 g/mol. The van der Waals surface area contributed by atoms with Gasteiger partial charge < -0.3 is 24.1 Å². The van der Waals surface area contributed by atoms with Crippen molar-refractivity contribution in [3.8, 4) is 17.1 Å². The minimum absolute atomic E-state index is 0.247. The van der Waals surface area contributed by atoms with Gasteiger partial charge in [0.25, 0.3) is 0 Å². The van der Waals surface area contributed by atoms with Crippen molar-refractivity contribution in [1.82, 2.24) is 10.3 Å². The summed E-state index contributed by atoms with van der Waals surface area (Å²) in [5, 5.41) is 4.03. The highest BCUT2D eigenvalue weighted by molar-refractivity contribution is 7.80. The quantitative estimate of drug-likeness (QED) is 0.207. The molecule has 0 amide bonds. The van der Waals surface area contributed by atoms with Crippen LogP contribution in [0.5, 0.6) is 5.75 Å². The van der Waals surface area contributed by atoms with E-state index in [1.807, 2.05) is 66.7 Å². The van der Waals surface area contributed by atoms with Gasteiger partial charge in [0.05, 0.1) is 30.5 Å². The number of pyridine rings is 1. The molecule has 8 heteroatoms. The van der Waals surface area contributed by atoms with Crippen LogP contribution in [0.4, 0.5) is 5.69 Å². The fraction of sp³-hybridized carbons (Fsp3) is 0.258. The second-order valence-electron chi connectivity index (χ2n) is 9.75. The molecule has 4 aromatic rings. The molecule has 1 aliphatic heterocycles. The first-order valence-electron chi connectivity index (χ1n) is 13.2. The minimum atomic E-state index is -0.417. The summed E-state index contributed by atoms with van der Waals surface area (Å²) < 4.78 is 17.6. The smallest absolute Gasteiger partial charge is 0.338 e.